The second-order valence-corrected chi connectivity index (χ2v) is 2.44. The molecule has 0 spiro atoms. The van der Waals surface area contributed by atoms with Crippen LogP contribution in [0.4, 0.5) is 4.39 Å². The van der Waals surface area contributed by atoms with Crippen LogP contribution < -0.4 is 5.32 Å². The third kappa shape index (κ3) is 1.49. The molecular weight excluding hydrogens is 153 g/mol. The second kappa shape index (κ2) is 3.15. The highest BCUT2D eigenvalue weighted by atomic mass is 19.1. The average Bonchev–Trinajstić information content (AvgIpc) is 2.30. The van der Waals surface area contributed by atoms with Crippen LogP contribution in [-0.4, -0.2) is 43.0 Å². The summed E-state index contributed by atoms with van der Waals surface area (Å²) in [5.74, 6) is -1.17. The molecule has 0 aromatic carbocycles. The number of alkyl halides is 1. The van der Waals surface area contributed by atoms with Gasteiger partial charge in [0.15, 0.2) is 6.17 Å². The van der Waals surface area contributed by atoms with Gasteiger partial charge in [-0.25, -0.2) is 4.39 Å². The first kappa shape index (κ1) is 8.42. The Morgan fingerprint density at radius 2 is 2.45 bits per heavy atom. The lowest BCUT2D eigenvalue weighted by Gasteiger charge is -2.10. The van der Waals surface area contributed by atoms with Crippen molar-refractivity contribution in [2.24, 2.45) is 0 Å². The van der Waals surface area contributed by atoms with Gasteiger partial charge in [-0.2, -0.15) is 0 Å². The number of carboxylic acid groups (broad SMARTS) is 1. The predicted molar refractivity (Wildman–Crippen MR) is 35.1 cm³/mol. The molecule has 1 aliphatic heterocycles. The molecule has 0 saturated carbocycles. The number of rotatable bonds is 2. The quantitative estimate of drug-likeness (QED) is 0.570. The highest BCUT2D eigenvalue weighted by molar-refractivity contribution is 5.75. The SMILES string of the molecule is CO[C@@H]1CN[C@H](C(=O)O)[C@H]1F. The van der Waals surface area contributed by atoms with Crippen molar-refractivity contribution in [2.45, 2.75) is 18.3 Å². The van der Waals surface area contributed by atoms with E-state index >= 15 is 0 Å². The van der Waals surface area contributed by atoms with Crippen LogP contribution in [0.5, 0.6) is 0 Å². The Balaban J connectivity index is 2.55. The first-order valence-electron chi connectivity index (χ1n) is 3.30. The summed E-state index contributed by atoms with van der Waals surface area (Å²) in [6.07, 6.45) is -2.08. The molecule has 1 heterocycles. The zero-order valence-corrected chi connectivity index (χ0v) is 6.08. The Morgan fingerprint density at radius 3 is 2.73 bits per heavy atom. The predicted octanol–water partition coefficient (Wildman–Crippen LogP) is -0.604. The molecule has 1 aliphatic rings. The van der Waals surface area contributed by atoms with Crippen LogP contribution in [0.25, 0.3) is 0 Å². The number of nitrogens with one attached hydrogen (secondary N) is 1. The molecule has 0 aliphatic carbocycles. The van der Waals surface area contributed by atoms with E-state index in [-0.39, 0.29) is 6.54 Å². The fraction of sp³-hybridized carbons (Fsp3) is 0.833. The molecule has 5 heteroatoms. The highest BCUT2D eigenvalue weighted by Crippen LogP contribution is 2.14. The van der Waals surface area contributed by atoms with Crippen molar-refractivity contribution >= 4 is 5.97 Å². The van der Waals surface area contributed by atoms with E-state index in [0.29, 0.717) is 0 Å². The van der Waals surface area contributed by atoms with E-state index in [9.17, 15) is 9.18 Å². The molecule has 0 radical (unpaired) electrons. The molecule has 0 aromatic rings. The normalized spacial score (nSPS) is 37.5. The summed E-state index contributed by atoms with van der Waals surface area (Å²) >= 11 is 0. The summed E-state index contributed by atoms with van der Waals surface area (Å²) in [7, 11) is 1.36. The number of halogens is 1. The number of hydrogen-bond donors (Lipinski definition) is 2. The molecule has 1 fully saturated rings. The number of carboxylic acids is 1. The van der Waals surface area contributed by atoms with Gasteiger partial charge in [-0.05, 0) is 0 Å². The Hall–Kier alpha value is -0.680. The smallest absolute Gasteiger partial charge is 0.323 e. The van der Waals surface area contributed by atoms with Gasteiger partial charge in [-0.3, -0.25) is 10.1 Å². The van der Waals surface area contributed by atoms with E-state index in [4.69, 9.17) is 9.84 Å². The van der Waals surface area contributed by atoms with Crippen molar-refractivity contribution in [2.75, 3.05) is 13.7 Å². The van der Waals surface area contributed by atoms with Crippen molar-refractivity contribution < 1.29 is 19.0 Å². The number of ether oxygens (including phenoxy) is 1. The first-order valence-corrected chi connectivity index (χ1v) is 3.30. The third-order valence-electron chi connectivity index (χ3n) is 1.78. The summed E-state index contributed by atoms with van der Waals surface area (Å²) in [5, 5.41) is 10.9. The Bertz CT molecular complexity index is 164. The maximum absolute atomic E-state index is 12.9. The van der Waals surface area contributed by atoms with E-state index in [0.717, 1.165) is 0 Å². The monoisotopic (exact) mass is 163 g/mol. The van der Waals surface area contributed by atoms with Gasteiger partial charge in [0.05, 0.1) is 0 Å². The van der Waals surface area contributed by atoms with Crippen LogP contribution >= 0.6 is 0 Å². The summed E-state index contributed by atoms with van der Waals surface area (Å²) in [6.45, 7) is 0.259. The Kier molecular flexibility index (Phi) is 2.41. The topological polar surface area (TPSA) is 58.6 Å². The Morgan fingerprint density at radius 1 is 1.82 bits per heavy atom. The highest BCUT2D eigenvalue weighted by Gasteiger charge is 2.40. The van der Waals surface area contributed by atoms with E-state index in [2.05, 4.69) is 5.32 Å². The van der Waals surface area contributed by atoms with E-state index in [1.807, 2.05) is 0 Å². The zero-order valence-electron chi connectivity index (χ0n) is 6.08. The first-order chi connectivity index (χ1) is 5.16. The molecule has 11 heavy (non-hydrogen) atoms. The van der Waals surface area contributed by atoms with E-state index in [1.54, 1.807) is 0 Å². The van der Waals surface area contributed by atoms with Gasteiger partial charge in [0.1, 0.15) is 12.1 Å². The molecule has 1 rings (SSSR count). The molecule has 3 atom stereocenters. The van der Waals surface area contributed by atoms with Crippen LogP contribution in [-0.2, 0) is 9.53 Å². The lowest BCUT2D eigenvalue weighted by atomic mass is 10.2. The van der Waals surface area contributed by atoms with Crippen LogP contribution in [0.1, 0.15) is 0 Å². The molecule has 2 N–H and O–H groups in total. The minimum atomic E-state index is -1.45. The van der Waals surface area contributed by atoms with Crippen molar-refractivity contribution in [3.8, 4) is 0 Å². The van der Waals surface area contributed by atoms with Gasteiger partial charge in [0.25, 0.3) is 0 Å². The van der Waals surface area contributed by atoms with Crippen molar-refractivity contribution in [1.29, 1.82) is 0 Å². The maximum atomic E-state index is 12.9. The Labute approximate surface area is 63.3 Å². The van der Waals surface area contributed by atoms with E-state index in [1.165, 1.54) is 7.11 Å². The number of aliphatic carboxylic acids is 1. The molecule has 4 nitrogen and oxygen atoms in total. The number of methoxy groups -OCH3 is 1. The van der Waals surface area contributed by atoms with Gasteiger partial charge in [-0.15, -0.1) is 0 Å². The molecule has 0 amide bonds. The summed E-state index contributed by atoms with van der Waals surface area (Å²) in [6, 6.07) is -1.11. The van der Waals surface area contributed by atoms with Crippen molar-refractivity contribution in [1.82, 2.24) is 5.32 Å². The van der Waals surface area contributed by atoms with Gasteiger partial charge >= 0.3 is 5.97 Å². The minimum absolute atomic E-state index is 0.259. The molecule has 0 aromatic heterocycles. The largest absolute Gasteiger partial charge is 0.480 e. The summed E-state index contributed by atoms with van der Waals surface area (Å²) in [5.41, 5.74) is 0. The fourth-order valence-electron chi connectivity index (χ4n) is 1.12. The minimum Gasteiger partial charge on any atom is -0.480 e. The molecular formula is C6H10FNO3. The maximum Gasteiger partial charge on any atom is 0.323 e. The van der Waals surface area contributed by atoms with Crippen molar-refractivity contribution in [3.05, 3.63) is 0 Å². The molecule has 0 unspecified atom stereocenters. The summed E-state index contributed by atoms with van der Waals surface area (Å²) in [4.78, 5) is 10.3. The average molecular weight is 163 g/mol. The molecule has 64 valence electrons. The van der Waals surface area contributed by atoms with Crippen molar-refractivity contribution in [3.63, 3.8) is 0 Å². The van der Waals surface area contributed by atoms with Crippen LogP contribution in [0.3, 0.4) is 0 Å². The fourth-order valence-corrected chi connectivity index (χ4v) is 1.12. The molecule has 1 saturated heterocycles. The second-order valence-electron chi connectivity index (χ2n) is 2.44. The van der Waals surface area contributed by atoms with Crippen LogP contribution in [0.2, 0.25) is 0 Å². The van der Waals surface area contributed by atoms with Crippen LogP contribution in [0.15, 0.2) is 0 Å². The lowest BCUT2D eigenvalue weighted by molar-refractivity contribution is -0.140. The standard InChI is InChI=1S/C6H10FNO3/c1-11-3-2-8-5(4(3)7)6(9)10/h3-5,8H,2H2,1H3,(H,9,10)/t3-,4+,5+/m1/s1. The van der Waals surface area contributed by atoms with Gasteiger partial charge < -0.3 is 9.84 Å². The zero-order chi connectivity index (χ0) is 8.43. The number of hydrogen-bond acceptors (Lipinski definition) is 3. The van der Waals surface area contributed by atoms with Crippen LogP contribution in [0, 0.1) is 0 Å². The summed E-state index contributed by atoms with van der Waals surface area (Å²) < 4.78 is 17.6. The van der Waals surface area contributed by atoms with Gasteiger partial charge in [0.2, 0.25) is 0 Å². The number of carbonyl (C=O) groups is 1. The third-order valence-corrected chi connectivity index (χ3v) is 1.78. The van der Waals surface area contributed by atoms with Gasteiger partial charge in [0, 0.05) is 13.7 Å². The lowest BCUT2D eigenvalue weighted by Crippen LogP contribution is -2.37. The van der Waals surface area contributed by atoms with Gasteiger partial charge in [-0.1, -0.05) is 0 Å². The van der Waals surface area contributed by atoms with E-state index < -0.39 is 24.3 Å². The molecule has 0 bridgehead atoms.